The first kappa shape index (κ1) is 18.5. The number of hydrogen-bond acceptors (Lipinski definition) is 4. The molecule has 3 rings (SSSR count). The minimum absolute atomic E-state index is 0.581. The monoisotopic (exact) mass is 355 g/mol. The molecule has 0 spiro atoms. The van der Waals surface area contributed by atoms with Gasteiger partial charge in [-0.05, 0) is 45.0 Å². The van der Waals surface area contributed by atoms with Gasteiger partial charge >= 0.3 is 0 Å². The topological polar surface area (TPSA) is 65.7 Å². The maximum Gasteiger partial charge on any atom is 0.226 e. The summed E-state index contributed by atoms with van der Waals surface area (Å²) in [5.74, 6) is 1.45. The largest absolute Gasteiger partial charge is 0.444 e. The Bertz CT molecular complexity index is 722. The van der Waals surface area contributed by atoms with Crippen LogP contribution in [0.4, 0.5) is 0 Å². The van der Waals surface area contributed by atoms with Crippen LogP contribution in [-0.2, 0) is 6.54 Å². The minimum Gasteiger partial charge on any atom is -0.444 e. The second-order valence-electron chi connectivity index (χ2n) is 6.74. The lowest BCUT2D eigenvalue weighted by Crippen LogP contribution is -2.44. The molecule has 1 aromatic carbocycles. The van der Waals surface area contributed by atoms with E-state index in [2.05, 4.69) is 51.5 Å². The molecule has 6 heteroatoms. The van der Waals surface area contributed by atoms with Gasteiger partial charge in [0.05, 0.1) is 12.2 Å². The van der Waals surface area contributed by atoms with Crippen molar-refractivity contribution in [3.8, 4) is 11.5 Å². The van der Waals surface area contributed by atoms with Gasteiger partial charge in [-0.3, -0.25) is 9.89 Å². The lowest BCUT2D eigenvalue weighted by molar-refractivity contribution is 0.267. The Morgan fingerprint density at radius 3 is 2.85 bits per heavy atom. The quantitative estimate of drug-likeness (QED) is 0.616. The van der Waals surface area contributed by atoms with E-state index in [9.17, 15) is 0 Å². The molecule has 0 amide bonds. The van der Waals surface area contributed by atoms with Gasteiger partial charge in [-0.2, -0.15) is 0 Å². The number of benzene rings is 1. The molecule has 1 unspecified atom stereocenters. The lowest BCUT2D eigenvalue weighted by atomic mass is 10.1. The van der Waals surface area contributed by atoms with E-state index < -0.39 is 0 Å². The normalized spacial score (nSPS) is 18.3. The molecular formula is C20H29N5O. The predicted octanol–water partition coefficient (Wildman–Crippen LogP) is 2.80. The second-order valence-corrected chi connectivity index (χ2v) is 6.74. The average Bonchev–Trinajstić information content (AvgIpc) is 3.31. The number of rotatable bonds is 6. The van der Waals surface area contributed by atoms with Gasteiger partial charge < -0.3 is 15.1 Å². The van der Waals surface area contributed by atoms with E-state index in [1.54, 1.807) is 13.3 Å². The lowest BCUT2D eigenvalue weighted by Gasteiger charge is -2.23. The van der Waals surface area contributed by atoms with Crippen LogP contribution in [0.3, 0.4) is 0 Å². The number of likely N-dealkylation sites (tertiary alicyclic amines) is 1. The Morgan fingerprint density at radius 1 is 1.31 bits per heavy atom. The zero-order valence-corrected chi connectivity index (χ0v) is 16.0. The highest BCUT2D eigenvalue weighted by molar-refractivity contribution is 5.79. The third-order valence-electron chi connectivity index (χ3n) is 4.92. The van der Waals surface area contributed by atoms with Crippen molar-refractivity contribution in [2.24, 2.45) is 4.99 Å². The Kier molecular flexibility index (Phi) is 6.28. The van der Waals surface area contributed by atoms with Gasteiger partial charge in [-0.15, -0.1) is 0 Å². The summed E-state index contributed by atoms with van der Waals surface area (Å²) in [4.78, 5) is 11.4. The van der Waals surface area contributed by atoms with E-state index in [1.807, 2.05) is 12.1 Å². The Hall–Kier alpha value is -2.34. The smallest absolute Gasteiger partial charge is 0.226 e. The summed E-state index contributed by atoms with van der Waals surface area (Å²) in [5.41, 5.74) is 3.07. The summed E-state index contributed by atoms with van der Waals surface area (Å²) < 4.78 is 5.61. The van der Waals surface area contributed by atoms with Crippen LogP contribution in [0.15, 0.2) is 39.9 Å². The highest BCUT2D eigenvalue weighted by Crippen LogP contribution is 2.19. The van der Waals surface area contributed by atoms with Crippen molar-refractivity contribution >= 4 is 5.96 Å². The third kappa shape index (κ3) is 4.64. The summed E-state index contributed by atoms with van der Waals surface area (Å²) in [6.45, 7) is 8.10. The molecule has 1 atom stereocenters. The number of oxazole rings is 1. The van der Waals surface area contributed by atoms with Gasteiger partial charge in [0.1, 0.15) is 6.26 Å². The molecule has 1 saturated heterocycles. The van der Waals surface area contributed by atoms with Crippen molar-refractivity contribution in [1.29, 1.82) is 0 Å². The molecule has 1 aliphatic rings. The first-order chi connectivity index (χ1) is 12.7. The molecule has 0 saturated carbocycles. The Labute approximate surface area is 155 Å². The van der Waals surface area contributed by atoms with Crippen LogP contribution in [0.2, 0.25) is 0 Å². The molecule has 0 aliphatic carbocycles. The van der Waals surface area contributed by atoms with Crippen LogP contribution in [0, 0.1) is 6.92 Å². The Morgan fingerprint density at radius 2 is 2.12 bits per heavy atom. The van der Waals surface area contributed by atoms with E-state index in [0.717, 1.165) is 30.3 Å². The van der Waals surface area contributed by atoms with Crippen LogP contribution >= 0.6 is 0 Å². The zero-order chi connectivity index (χ0) is 18.4. The van der Waals surface area contributed by atoms with Crippen molar-refractivity contribution in [3.63, 3.8) is 0 Å². The number of likely N-dealkylation sites (N-methyl/N-ethyl adjacent to an activating group) is 1. The van der Waals surface area contributed by atoms with E-state index in [4.69, 9.17) is 4.42 Å². The number of nitrogens with one attached hydrogen (secondary N) is 2. The SMILES string of the molecule is CCN1CCCC1CNC(=NC)NCc1coc(-c2ccc(C)cc2)n1. The van der Waals surface area contributed by atoms with Gasteiger partial charge in [0, 0.05) is 25.2 Å². The van der Waals surface area contributed by atoms with Crippen molar-refractivity contribution in [2.45, 2.75) is 39.3 Å². The molecule has 26 heavy (non-hydrogen) atoms. The fourth-order valence-electron chi connectivity index (χ4n) is 3.37. The van der Waals surface area contributed by atoms with Gasteiger partial charge in [0.15, 0.2) is 5.96 Å². The van der Waals surface area contributed by atoms with E-state index in [1.165, 1.54) is 24.9 Å². The number of guanidine groups is 1. The predicted molar refractivity (Wildman–Crippen MR) is 105 cm³/mol. The fourth-order valence-corrected chi connectivity index (χ4v) is 3.37. The molecule has 1 aliphatic heterocycles. The zero-order valence-electron chi connectivity index (χ0n) is 16.0. The number of nitrogens with zero attached hydrogens (tertiary/aromatic N) is 3. The van der Waals surface area contributed by atoms with Crippen molar-refractivity contribution in [1.82, 2.24) is 20.5 Å². The summed E-state index contributed by atoms with van der Waals surface area (Å²) in [7, 11) is 1.79. The molecule has 2 heterocycles. The van der Waals surface area contributed by atoms with Crippen molar-refractivity contribution < 1.29 is 4.42 Å². The maximum atomic E-state index is 5.61. The number of hydrogen-bond donors (Lipinski definition) is 2. The van der Waals surface area contributed by atoms with Crippen molar-refractivity contribution in [2.75, 3.05) is 26.7 Å². The molecule has 140 valence electrons. The second kappa shape index (κ2) is 8.85. The van der Waals surface area contributed by atoms with Crippen LogP contribution in [0.1, 0.15) is 31.0 Å². The molecule has 1 fully saturated rings. The molecule has 2 N–H and O–H groups in total. The number of aryl methyl sites for hydroxylation is 1. The fraction of sp³-hybridized carbons (Fsp3) is 0.500. The average molecular weight is 355 g/mol. The highest BCUT2D eigenvalue weighted by atomic mass is 16.3. The highest BCUT2D eigenvalue weighted by Gasteiger charge is 2.22. The van der Waals surface area contributed by atoms with Crippen LogP contribution in [0.25, 0.3) is 11.5 Å². The van der Waals surface area contributed by atoms with E-state index in [0.29, 0.717) is 18.5 Å². The summed E-state index contributed by atoms with van der Waals surface area (Å²) in [5, 5.41) is 6.74. The summed E-state index contributed by atoms with van der Waals surface area (Å²) in [6.07, 6.45) is 4.24. The summed E-state index contributed by atoms with van der Waals surface area (Å²) in [6, 6.07) is 8.77. The van der Waals surface area contributed by atoms with Gasteiger partial charge in [0.25, 0.3) is 0 Å². The molecule has 0 bridgehead atoms. The van der Waals surface area contributed by atoms with Crippen LogP contribution in [-0.4, -0.2) is 48.6 Å². The van der Waals surface area contributed by atoms with Gasteiger partial charge in [-0.25, -0.2) is 4.98 Å². The summed E-state index contributed by atoms with van der Waals surface area (Å²) >= 11 is 0. The molecule has 2 aromatic rings. The van der Waals surface area contributed by atoms with Gasteiger partial charge in [0.2, 0.25) is 5.89 Å². The molecule has 6 nitrogen and oxygen atoms in total. The number of aliphatic imine (C=N–C) groups is 1. The standard InChI is InChI=1S/C20H29N5O/c1-4-25-11-5-6-18(25)13-23-20(21-3)22-12-17-14-26-19(24-17)16-9-7-15(2)8-10-16/h7-10,14,18H,4-6,11-13H2,1-3H3,(H2,21,22,23). The first-order valence-electron chi connectivity index (χ1n) is 9.39. The van der Waals surface area contributed by atoms with Crippen molar-refractivity contribution in [3.05, 3.63) is 41.8 Å². The van der Waals surface area contributed by atoms with Crippen LogP contribution < -0.4 is 10.6 Å². The van der Waals surface area contributed by atoms with E-state index >= 15 is 0 Å². The molecular weight excluding hydrogens is 326 g/mol. The third-order valence-corrected chi connectivity index (χ3v) is 4.92. The Balaban J connectivity index is 1.50. The van der Waals surface area contributed by atoms with E-state index in [-0.39, 0.29) is 0 Å². The number of aromatic nitrogens is 1. The molecule has 0 radical (unpaired) electrons. The van der Waals surface area contributed by atoms with Gasteiger partial charge in [-0.1, -0.05) is 24.6 Å². The first-order valence-corrected chi connectivity index (χ1v) is 9.39. The minimum atomic E-state index is 0.581. The molecule has 1 aromatic heterocycles. The van der Waals surface area contributed by atoms with Crippen LogP contribution in [0.5, 0.6) is 0 Å². The maximum absolute atomic E-state index is 5.61.